The smallest absolute Gasteiger partial charge is 0.121 e. The molecule has 1 fully saturated rings. The van der Waals surface area contributed by atoms with Gasteiger partial charge in [-0.1, -0.05) is 23.2 Å². The van der Waals surface area contributed by atoms with Crippen LogP contribution in [0.25, 0.3) is 0 Å². The van der Waals surface area contributed by atoms with Crippen LogP contribution in [0.4, 0.5) is 5.69 Å². The molecular formula is C15H14Cl2N2O. The Labute approximate surface area is 128 Å². The SMILES string of the molecule is Clc1ccc(O[C@H]2CCN(c3ccncc3)C2)cc1Cl. The minimum atomic E-state index is 0.167. The zero-order valence-corrected chi connectivity index (χ0v) is 12.3. The maximum absolute atomic E-state index is 5.99. The maximum Gasteiger partial charge on any atom is 0.121 e. The Balaban J connectivity index is 1.64. The van der Waals surface area contributed by atoms with Crippen molar-refractivity contribution in [3.8, 4) is 5.75 Å². The highest BCUT2D eigenvalue weighted by molar-refractivity contribution is 6.42. The van der Waals surface area contributed by atoms with E-state index in [1.54, 1.807) is 12.1 Å². The van der Waals surface area contributed by atoms with Crippen LogP contribution in [0, 0.1) is 0 Å². The molecule has 20 heavy (non-hydrogen) atoms. The van der Waals surface area contributed by atoms with Gasteiger partial charge >= 0.3 is 0 Å². The van der Waals surface area contributed by atoms with Gasteiger partial charge in [-0.15, -0.1) is 0 Å². The molecule has 0 N–H and O–H groups in total. The summed E-state index contributed by atoms with van der Waals surface area (Å²) >= 11 is 11.9. The average Bonchev–Trinajstić information content (AvgIpc) is 2.92. The maximum atomic E-state index is 5.99. The van der Waals surface area contributed by atoms with Crippen LogP contribution >= 0.6 is 23.2 Å². The van der Waals surface area contributed by atoms with Gasteiger partial charge in [0.2, 0.25) is 0 Å². The van der Waals surface area contributed by atoms with E-state index in [1.807, 2.05) is 30.6 Å². The molecule has 2 aromatic rings. The highest BCUT2D eigenvalue weighted by atomic mass is 35.5. The van der Waals surface area contributed by atoms with E-state index in [9.17, 15) is 0 Å². The third-order valence-corrected chi connectivity index (χ3v) is 4.11. The molecule has 0 amide bonds. The number of benzene rings is 1. The Kier molecular flexibility index (Phi) is 3.99. The monoisotopic (exact) mass is 308 g/mol. The van der Waals surface area contributed by atoms with E-state index in [2.05, 4.69) is 9.88 Å². The summed E-state index contributed by atoms with van der Waals surface area (Å²) in [5.74, 6) is 0.765. The van der Waals surface area contributed by atoms with Crippen molar-refractivity contribution in [2.75, 3.05) is 18.0 Å². The van der Waals surface area contributed by atoms with Crippen molar-refractivity contribution in [3.63, 3.8) is 0 Å². The zero-order valence-electron chi connectivity index (χ0n) is 10.8. The highest BCUT2D eigenvalue weighted by Crippen LogP contribution is 2.28. The van der Waals surface area contributed by atoms with Crippen LogP contribution in [0.15, 0.2) is 42.7 Å². The molecule has 1 aliphatic rings. The van der Waals surface area contributed by atoms with Gasteiger partial charge in [0.25, 0.3) is 0 Å². The number of hydrogen-bond acceptors (Lipinski definition) is 3. The van der Waals surface area contributed by atoms with E-state index in [-0.39, 0.29) is 6.10 Å². The van der Waals surface area contributed by atoms with Crippen LogP contribution in [0.1, 0.15) is 6.42 Å². The van der Waals surface area contributed by atoms with Crippen LogP contribution in [-0.4, -0.2) is 24.2 Å². The largest absolute Gasteiger partial charge is 0.488 e. The third kappa shape index (κ3) is 3.00. The minimum Gasteiger partial charge on any atom is -0.488 e. The van der Waals surface area contributed by atoms with Gasteiger partial charge in [-0.3, -0.25) is 4.98 Å². The number of hydrogen-bond donors (Lipinski definition) is 0. The number of rotatable bonds is 3. The van der Waals surface area contributed by atoms with Crippen molar-refractivity contribution in [2.45, 2.75) is 12.5 Å². The number of ether oxygens (including phenoxy) is 1. The molecule has 0 spiro atoms. The molecule has 0 radical (unpaired) electrons. The number of aromatic nitrogens is 1. The predicted octanol–water partition coefficient (Wildman–Crippen LogP) is 4.05. The molecule has 1 saturated heterocycles. The first-order chi connectivity index (χ1) is 9.72. The van der Waals surface area contributed by atoms with Gasteiger partial charge in [0.1, 0.15) is 11.9 Å². The van der Waals surface area contributed by atoms with Crippen LogP contribution in [0.2, 0.25) is 10.0 Å². The lowest BCUT2D eigenvalue weighted by Crippen LogP contribution is -2.24. The van der Waals surface area contributed by atoms with Crippen LogP contribution < -0.4 is 9.64 Å². The second-order valence-corrected chi connectivity index (χ2v) is 5.57. The predicted molar refractivity (Wildman–Crippen MR) is 81.9 cm³/mol. The molecule has 0 unspecified atom stereocenters. The molecule has 1 aromatic carbocycles. The lowest BCUT2D eigenvalue weighted by atomic mass is 10.3. The van der Waals surface area contributed by atoms with E-state index < -0.39 is 0 Å². The summed E-state index contributed by atoms with van der Waals surface area (Å²) in [6.45, 7) is 1.85. The van der Waals surface area contributed by atoms with Gasteiger partial charge < -0.3 is 9.64 Å². The van der Waals surface area contributed by atoms with Crippen molar-refractivity contribution >= 4 is 28.9 Å². The summed E-state index contributed by atoms with van der Waals surface area (Å²) in [5, 5.41) is 1.07. The molecule has 1 aliphatic heterocycles. The molecule has 1 aromatic heterocycles. The number of halogens is 2. The van der Waals surface area contributed by atoms with Gasteiger partial charge in [-0.25, -0.2) is 0 Å². The van der Waals surface area contributed by atoms with Gasteiger partial charge in [0.15, 0.2) is 0 Å². The average molecular weight is 309 g/mol. The molecule has 104 valence electrons. The van der Waals surface area contributed by atoms with Gasteiger partial charge in [0, 0.05) is 37.1 Å². The Bertz CT molecular complexity index is 592. The Morgan fingerprint density at radius 1 is 1.10 bits per heavy atom. The first-order valence-electron chi connectivity index (χ1n) is 6.49. The Morgan fingerprint density at radius 3 is 2.65 bits per heavy atom. The van der Waals surface area contributed by atoms with E-state index in [0.717, 1.165) is 25.3 Å². The minimum absolute atomic E-state index is 0.167. The molecule has 0 aliphatic carbocycles. The van der Waals surface area contributed by atoms with Crippen molar-refractivity contribution in [3.05, 3.63) is 52.8 Å². The number of pyridine rings is 1. The summed E-state index contributed by atoms with van der Waals surface area (Å²) in [6, 6.07) is 9.40. The second-order valence-electron chi connectivity index (χ2n) is 4.76. The molecule has 3 rings (SSSR count). The molecular weight excluding hydrogens is 295 g/mol. The second kappa shape index (κ2) is 5.90. The lowest BCUT2D eigenvalue weighted by molar-refractivity contribution is 0.225. The van der Waals surface area contributed by atoms with Gasteiger partial charge in [0.05, 0.1) is 16.6 Å². The number of nitrogens with zero attached hydrogens (tertiary/aromatic N) is 2. The number of anilines is 1. The Morgan fingerprint density at radius 2 is 1.90 bits per heavy atom. The summed E-state index contributed by atoms with van der Waals surface area (Å²) in [4.78, 5) is 6.33. The van der Waals surface area contributed by atoms with Crippen molar-refractivity contribution in [2.24, 2.45) is 0 Å². The third-order valence-electron chi connectivity index (χ3n) is 3.37. The van der Waals surface area contributed by atoms with E-state index in [1.165, 1.54) is 5.69 Å². The molecule has 5 heteroatoms. The molecule has 2 heterocycles. The van der Waals surface area contributed by atoms with E-state index in [0.29, 0.717) is 10.0 Å². The fourth-order valence-electron chi connectivity index (χ4n) is 2.36. The van der Waals surface area contributed by atoms with Crippen LogP contribution in [-0.2, 0) is 0 Å². The van der Waals surface area contributed by atoms with Crippen LogP contribution in [0.5, 0.6) is 5.75 Å². The van der Waals surface area contributed by atoms with Crippen molar-refractivity contribution in [1.29, 1.82) is 0 Å². The topological polar surface area (TPSA) is 25.4 Å². The summed E-state index contributed by atoms with van der Waals surface area (Å²) in [5.41, 5.74) is 1.18. The van der Waals surface area contributed by atoms with E-state index >= 15 is 0 Å². The lowest BCUT2D eigenvalue weighted by Gasteiger charge is -2.18. The summed E-state index contributed by atoms with van der Waals surface area (Å²) in [6.07, 6.45) is 4.77. The normalized spacial score (nSPS) is 18.3. The van der Waals surface area contributed by atoms with Gasteiger partial charge in [-0.2, -0.15) is 0 Å². The first-order valence-corrected chi connectivity index (χ1v) is 7.24. The van der Waals surface area contributed by atoms with E-state index in [4.69, 9.17) is 27.9 Å². The molecule has 3 nitrogen and oxygen atoms in total. The highest BCUT2D eigenvalue weighted by Gasteiger charge is 2.24. The fourth-order valence-corrected chi connectivity index (χ4v) is 2.64. The molecule has 0 bridgehead atoms. The fraction of sp³-hybridized carbons (Fsp3) is 0.267. The molecule has 0 saturated carbocycles. The molecule has 1 atom stereocenters. The Hall–Kier alpha value is -1.45. The van der Waals surface area contributed by atoms with Crippen LogP contribution in [0.3, 0.4) is 0 Å². The first kappa shape index (κ1) is 13.5. The quantitative estimate of drug-likeness (QED) is 0.855. The van der Waals surface area contributed by atoms with Crippen molar-refractivity contribution in [1.82, 2.24) is 4.98 Å². The van der Waals surface area contributed by atoms with Crippen molar-refractivity contribution < 1.29 is 4.74 Å². The summed E-state index contributed by atoms with van der Waals surface area (Å²) < 4.78 is 5.96. The summed E-state index contributed by atoms with van der Waals surface area (Å²) in [7, 11) is 0. The standard InChI is InChI=1S/C15H14Cl2N2O/c16-14-2-1-12(9-15(14)17)20-13-5-8-19(10-13)11-3-6-18-7-4-11/h1-4,6-7,9,13H,5,8,10H2/t13-/m0/s1. The van der Waals surface area contributed by atoms with Gasteiger partial charge in [-0.05, 0) is 24.3 Å². The zero-order chi connectivity index (χ0) is 13.9.